The van der Waals surface area contributed by atoms with Crippen molar-refractivity contribution in [2.75, 3.05) is 7.11 Å². The molecule has 0 atom stereocenters. The topological polar surface area (TPSA) is 62.1 Å². The summed E-state index contributed by atoms with van der Waals surface area (Å²) in [6, 6.07) is 9.60. The molecule has 1 amide bonds. The highest BCUT2D eigenvalue weighted by Crippen LogP contribution is 2.27. The summed E-state index contributed by atoms with van der Waals surface area (Å²) in [5, 5.41) is 12.0. The molecular formula is C17H18N2O2. The SMILES string of the molecule is COc1ccccc1/C=C/C1=C(C#N)C(=O)NC(C)(C)C1. The second-order valence-corrected chi connectivity index (χ2v) is 5.60. The van der Waals surface area contributed by atoms with E-state index in [1.54, 1.807) is 7.11 Å². The molecule has 0 aliphatic carbocycles. The highest BCUT2D eigenvalue weighted by atomic mass is 16.5. The molecule has 4 nitrogen and oxygen atoms in total. The fourth-order valence-corrected chi connectivity index (χ4v) is 2.38. The van der Waals surface area contributed by atoms with E-state index in [2.05, 4.69) is 5.32 Å². The Morgan fingerprint density at radius 1 is 1.33 bits per heavy atom. The predicted octanol–water partition coefficient (Wildman–Crippen LogP) is 2.83. The summed E-state index contributed by atoms with van der Waals surface area (Å²) in [6.45, 7) is 3.88. The number of allylic oxidation sites excluding steroid dienone is 1. The molecule has 1 N–H and O–H groups in total. The van der Waals surface area contributed by atoms with Crippen LogP contribution in [0.2, 0.25) is 0 Å². The van der Waals surface area contributed by atoms with Gasteiger partial charge in [-0.1, -0.05) is 30.4 Å². The van der Waals surface area contributed by atoms with E-state index in [-0.39, 0.29) is 17.0 Å². The molecule has 2 rings (SSSR count). The molecule has 1 aliphatic rings. The Morgan fingerprint density at radius 3 is 2.71 bits per heavy atom. The zero-order valence-corrected chi connectivity index (χ0v) is 12.4. The van der Waals surface area contributed by atoms with Crippen molar-refractivity contribution in [2.24, 2.45) is 0 Å². The molecule has 0 aromatic heterocycles. The molecule has 1 heterocycles. The molecule has 0 bridgehead atoms. The van der Waals surface area contributed by atoms with E-state index in [9.17, 15) is 10.1 Å². The summed E-state index contributed by atoms with van der Waals surface area (Å²) in [4.78, 5) is 11.9. The van der Waals surface area contributed by atoms with E-state index >= 15 is 0 Å². The van der Waals surface area contributed by atoms with Crippen molar-refractivity contribution < 1.29 is 9.53 Å². The van der Waals surface area contributed by atoms with E-state index < -0.39 is 0 Å². The fourth-order valence-electron chi connectivity index (χ4n) is 2.38. The van der Waals surface area contributed by atoms with Crippen molar-refractivity contribution in [1.29, 1.82) is 5.26 Å². The van der Waals surface area contributed by atoms with Gasteiger partial charge in [0.05, 0.1) is 7.11 Å². The zero-order valence-electron chi connectivity index (χ0n) is 12.4. The number of hydrogen-bond donors (Lipinski definition) is 1. The van der Waals surface area contributed by atoms with Gasteiger partial charge in [-0.3, -0.25) is 4.79 Å². The smallest absolute Gasteiger partial charge is 0.262 e. The van der Waals surface area contributed by atoms with Crippen LogP contribution >= 0.6 is 0 Å². The highest BCUT2D eigenvalue weighted by molar-refractivity contribution is 6.00. The lowest BCUT2D eigenvalue weighted by Gasteiger charge is -2.31. The third-order valence-electron chi connectivity index (χ3n) is 3.35. The molecule has 108 valence electrons. The van der Waals surface area contributed by atoms with Crippen LogP contribution in [0.1, 0.15) is 25.8 Å². The first-order valence-corrected chi connectivity index (χ1v) is 6.74. The van der Waals surface area contributed by atoms with Gasteiger partial charge in [-0.05, 0) is 31.9 Å². The molecular weight excluding hydrogens is 264 g/mol. The quantitative estimate of drug-likeness (QED) is 0.927. The largest absolute Gasteiger partial charge is 0.496 e. The summed E-state index contributed by atoms with van der Waals surface area (Å²) in [5.41, 5.74) is 1.49. The Balaban J connectivity index is 2.38. The number of ether oxygens (including phenoxy) is 1. The second kappa shape index (κ2) is 5.84. The maximum absolute atomic E-state index is 11.9. The Hall–Kier alpha value is -2.54. The van der Waals surface area contributed by atoms with Crippen molar-refractivity contribution in [3.63, 3.8) is 0 Å². The number of methoxy groups -OCH3 is 1. The zero-order chi connectivity index (χ0) is 15.5. The number of hydrogen-bond acceptors (Lipinski definition) is 3. The average Bonchev–Trinajstić information content (AvgIpc) is 2.44. The molecule has 0 spiro atoms. The molecule has 1 aromatic carbocycles. The standard InChI is InChI=1S/C17H18N2O2/c1-17(2)10-13(14(11-18)16(20)19-17)9-8-12-6-4-5-7-15(12)21-3/h4-9H,10H2,1-3H3,(H,19,20)/b9-8+. The van der Waals surface area contributed by atoms with E-state index in [1.807, 2.05) is 56.3 Å². The van der Waals surface area contributed by atoms with E-state index in [4.69, 9.17) is 4.74 Å². The minimum absolute atomic E-state index is 0.181. The predicted molar refractivity (Wildman–Crippen MR) is 81.5 cm³/mol. The van der Waals surface area contributed by atoms with Gasteiger partial charge in [0.1, 0.15) is 17.4 Å². The maximum Gasteiger partial charge on any atom is 0.262 e. The molecule has 1 aliphatic heterocycles. The summed E-state index contributed by atoms with van der Waals surface area (Å²) in [7, 11) is 1.61. The number of nitrogens with one attached hydrogen (secondary N) is 1. The summed E-state index contributed by atoms with van der Waals surface area (Å²) in [5.74, 6) is 0.445. The summed E-state index contributed by atoms with van der Waals surface area (Å²) in [6.07, 6.45) is 4.32. The van der Waals surface area contributed by atoms with Gasteiger partial charge >= 0.3 is 0 Å². The van der Waals surface area contributed by atoms with Gasteiger partial charge in [-0.25, -0.2) is 0 Å². The minimum Gasteiger partial charge on any atom is -0.496 e. The average molecular weight is 282 g/mol. The minimum atomic E-state index is -0.349. The van der Waals surface area contributed by atoms with Gasteiger partial charge in [-0.15, -0.1) is 0 Å². The van der Waals surface area contributed by atoms with Gasteiger partial charge in [0, 0.05) is 11.1 Å². The number of amides is 1. The van der Waals surface area contributed by atoms with Crippen LogP contribution in [0.4, 0.5) is 0 Å². The van der Waals surface area contributed by atoms with Gasteiger partial charge in [0.15, 0.2) is 0 Å². The monoisotopic (exact) mass is 282 g/mol. The van der Waals surface area contributed by atoms with Gasteiger partial charge in [0.2, 0.25) is 0 Å². The van der Waals surface area contributed by atoms with Crippen molar-refractivity contribution >= 4 is 12.0 Å². The van der Waals surface area contributed by atoms with Crippen LogP contribution in [0.15, 0.2) is 41.5 Å². The molecule has 0 fully saturated rings. The van der Waals surface area contributed by atoms with Crippen molar-refractivity contribution in [2.45, 2.75) is 25.8 Å². The van der Waals surface area contributed by atoms with Crippen LogP contribution in [0.5, 0.6) is 5.75 Å². The summed E-state index contributed by atoms with van der Waals surface area (Å²) >= 11 is 0. The van der Waals surface area contributed by atoms with E-state index in [0.717, 1.165) is 16.9 Å². The van der Waals surface area contributed by atoms with Gasteiger partial charge in [-0.2, -0.15) is 5.26 Å². The molecule has 21 heavy (non-hydrogen) atoms. The Bertz CT molecular complexity index is 664. The van der Waals surface area contributed by atoms with Gasteiger partial charge in [0.25, 0.3) is 5.91 Å². The molecule has 4 heteroatoms. The Kier molecular flexibility index (Phi) is 4.13. The first kappa shape index (κ1) is 14.9. The third kappa shape index (κ3) is 3.32. The second-order valence-electron chi connectivity index (χ2n) is 5.60. The number of rotatable bonds is 3. The van der Waals surface area contributed by atoms with Crippen LogP contribution in [0, 0.1) is 11.3 Å². The Morgan fingerprint density at radius 2 is 2.05 bits per heavy atom. The number of nitriles is 1. The first-order chi connectivity index (χ1) is 9.96. The highest BCUT2D eigenvalue weighted by Gasteiger charge is 2.30. The lowest BCUT2D eigenvalue weighted by atomic mass is 9.87. The lowest BCUT2D eigenvalue weighted by Crippen LogP contribution is -2.47. The molecule has 0 radical (unpaired) electrons. The van der Waals surface area contributed by atoms with Crippen molar-refractivity contribution in [3.8, 4) is 11.8 Å². The number of carbonyl (C=O) groups excluding carboxylic acids is 1. The molecule has 1 aromatic rings. The van der Waals surface area contributed by atoms with Crippen LogP contribution < -0.4 is 10.1 Å². The summed E-state index contributed by atoms with van der Waals surface area (Å²) < 4.78 is 5.29. The lowest BCUT2D eigenvalue weighted by molar-refractivity contribution is -0.119. The molecule has 0 saturated heterocycles. The normalized spacial score (nSPS) is 17.5. The van der Waals surface area contributed by atoms with Crippen LogP contribution in [-0.2, 0) is 4.79 Å². The number of benzene rings is 1. The fraction of sp³-hybridized carbons (Fsp3) is 0.294. The molecule has 0 unspecified atom stereocenters. The van der Waals surface area contributed by atoms with Crippen LogP contribution in [-0.4, -0.2) is 18.6 Å². The van der Waals surface area contributed by atoms with Crippen molar-refractivity contribution in [3.05, 3.63) is 47.1 Å². The van der Waals surface area contributed by atoms with Crippen LogP contribution in [0.3, 0.4) is 0 Å². The number of nitrogens with zero attached hydrogens (tertiary/aromatic N) is 1. The Labute approximate surface area is 124 Å². The van der Waals surface area contributed by atoms with E-state index in [0.29, 0.717) is 6.42 Å². The number of carbonyl (C=O) groups is 1. The van der Waals surface area contributed by atoms with Crippen LogP contribution in [0.25, 0.3) is 6.08 Å². The van der Waals surface area contributed by atoms with Crippen molar-refractivity contribution in [1.82, 2.24) is 5.32 Å². The molecule has 0 saturated carbocycles. The third-order valence-corrected chi connectivity index (χ3v) is 3.35. The van der Waals surface area contributed by atoms with E-state index in [1.165, 1.54) is 0 Å². The first-order valence-electron chi connectivity index (χ1n) is 6.74. The van der Waals surface area contributed by atoms with Gasteiger partial charge < -0.3 is 10.1 Å². The number of para-hydroxylation sites is 1. The maximum atomic E-state index is 11.9.